The number of alkyl halides is 1. The predicted octanol–water partition coefficient (Wildman–Crippen LogP) is 3.74. The summed E-state index contributed by atoms with van der Waals surface area (Å²) >= 11 is 3.41. The molecular weight excluding hydrogens is 266 g/mol. The van der Waals surface area contributed by atoms with Crippen molar-refractivity contribution in [3.63, 3.8) is 0 Å². The zero-order valence-corrected chi connectivity index (χ0v) is 12.9. The molecule has 1 N–H and O–H groups in total. The normalized spacial score (nSPS) is 15.6. The highest BCUT2D eigenvalue weighted by molar-refractivity contribution is 9.09. The second-order valence-electron chi connectivity index (χ2n) is 5.62. The highest BCUT2D eigenvalue weighted by Crippen LogP contribution is 2.27. The van der Waals surface area contributed by atoms with Gasteiger partial charge in [0.05, 0.1) is 0 Å². The maximum Gasteiger partial charge on any atom is 0.220 e. The zero-order chi connectivity index (χ0) is 12.8. The summed E-state index contributed by atoms with van der Waals surface area (Å²) in [6.45, 7) is 10.8. The Hall–Kier alpha value is -0.0500. The molecule has 96 valence electrons. The number of nitrogens with one attached hydrogen (secondary N) is 1. The Labute approximate surface area is 109 Å². The van der Waals surface area contributed by atoms with Crippen molar-refractivity contribution >= 4 is 21.8 Å². The first-order valence-electron chi connectivity index (χ1n) is 6.16. The van der Waals surface area contributed by atoms with Gasteiger partial charge in [-0.1, -0.05) is 50.5 Å². The third-order valence-corrected chi connectivity index (χ3v) is 3.74. The molecule has 0 heterocycles. The molecule has 2 atom stereocenters. The summed E-state index contributed by atoms with van der Waals surface area (Å²) in [7, 11) is 0. The summed E-state index contributed by atoms with van der Waals surface area (Å²) in [4.78, 5) is 11.8. The van der Waals surface area contributed by atoms with Crippen LogP contribution in [0.25, 0.3) is 0 Å². The molecule has 0 aliphatic carbocycles. The minimum absolute atomic E-state index is 0.190. The van der Waals surface area contributed by atoms with E-state index in [0.29, 0.717) is 18.4 Å². The molecule has 0 bridgehead atoms. The molecule has 0 radical (unpaired) electrons. The molecule has 0 aromatic heterocycles. The predicted molar refractivity (Wildman–Crippen MR) is 73.9 cm³/mol. The Morgan fingerprint density at radius 2 is 1.94 bits per heavy atom. The van der Waals surface area contributed by atoms with Gasteiger partial charge in [0.2, 0.25) is 5.91 Å². The molecule has 0 saturated carbocycles. The van der Waals surface area contributed by atoms with E-state index in [1.54, 1.807) is 0 Å². The molecule has 0 aromatic rings. The molecule has 2 unspecified atom stereocenters. The standard InChI is InChI=1S/C13H26BrNO/c1-6-11(7-8-14)15-12(16)9-10(2)13(3,4)5/h10-11H,6-9H2,1-5H3,(H,15,16). The van der Waals surface area contributed by atoms with E-state index in [9.17, 15) is 4.79 Å². The number of carbonyl (C=O) groups excluding carboxylic acids is 1. The van der Waals surface area contributed by atoms with Crippen LogP contribution in [0.1, 0.15) is 53.9 Å². The Kier molecular flexibility index (Phi) is 7.29. The zero-order valence-electron chi connectivity index (χ0n) is 11.3. The number of hydrogen-bond donors (Lipinski definition) is 1. The van der Waals surface area contributed by atoms with Gasteiger partial charge < -0.3 is 5.32 Å². The van der Waals surface area contributed by atoms with Gasteiger partial charge in [-0.25, -0.2) is 0 Å². The number of carbonyl (C=O) groups is 1. The van der Waals surface area contributed by atoms with E-state index in [0.717, 1.165) is 18.2 Å². The topological polar surface area (TPSA) is 29.1 Å². The van der Waals surface area contributed by atoms with Gasteiger partial charge in [-0.05, 0) is 24.2 Å². The van der Waals surface area contributed by atoms with Crippen LogP contribution in [-0.2, 0) is 4.79 Å². The van der Waals surface area contributed by atoms with Crippen molar-refractivity contribution < 1.29 is 4.79 Å². The van der Waals surface area contributed by atoms with Gasteiger partial charge in [0.25, 0.3) is 0 Å². The van der Waals surface area contributed by atoms with Crippen molar-refractivity contribution in [1.29, 1.82) is 0 Å². The lowest BCUT2D eigenvalue weighted by atomic mass is 9.80. The largest absolute Gasteiger partial charge is 0.353 e. The van der Waals surface area contributed by atoms with Crippen LogP contribution in [-0.4, -0.2) is 17.3 Å². The van der Waals surface area contributed by atoms with Crippen molar-refractivity contribution in [3.8, 4) is 0 Å². The maximum absolute atomic E-state index is 11.8. The fourth-order valence-electron chi connectivity index (χ4n) is 1.38. The molecular formula is C13H26BrNO. The Bertz CT molecular complexity index is 210. The van der Waals surface area contributed by atoms with E-state index in [4.69, 9.17) is 0 Å². The third-order valence-electron chi connectivity index (χ3n) is 3.29. The highest BCUT2D eigenvalue weighted by Gasteiger charge is 2.23. The molecule has 16 heavy (non-hydrogen) atoms. The van der Waals surface area contributed by atoms with Gasteiger partial charge >= 0.3 is 0 Å². The third kappa shape index (κ3) is 6.51. The molecule has 0 rings (SSSR count). The average molecular weight is 292 g/mol. The van der Waals surface area contributed by atoms with Crippen LogP contribution in [0.5, 0.6) is 0 Å². The molecule has 0 aliphatic heterocycles. The van der Waals surface area contributed by atoms with Gasteiger partial charge in [0.15, 0.2) is 0 Å². The molecule has 2 nitrogen and oxygen atoms in total. The first-order chi connectivity index (χ1) is 7.31. The first kappa shape index (κ1) is 16.0. The summed E-state index contributed by atoms with van der Waals surface area (Å²) in [5, 5.41) is 4.05. The highest BCUT2D eigenvalue weighted by atomic mass is 79.9. The van der Waals surface area contributed by atoms with Crippen LogP contribution in [0.3, 0.4) is 0 Å². The average Bonchev–Trinajstić information content (AvgIpc) is 2.15. The fraction of sp³-hybridized carbons (Fsp3) is 0.923. The molecule has 1 amide bonds. The smallest absolute Gasteiger partial charge is 0.220 e. The van der Waals surface area contributed by atoms with Crippen molar-refractivity contribution in [2.24, 2.45) is 11.3 Å². The number of amides is 1. The lowest BCUT2D eigenvalue weighted by Crippen LogP contribution is -2.36. The van der Waals surface area contributed by atoms with Gasteiger partial charge in [0, 0.05) is 17.8 Å². The molecule has 0 saturated heterocycles. The molecule has 0 fully saturated rings. The van der Waals surface area contributed by atoms with E-state index in [1.807, 2.05) is 0 Å². The van der Waals surface area contributed by atoms with Crippen LogP contribution in [0.4, 0.5) is 0 Å². The summed E-state index contributed by atoms with van der Waals surface area (Å²) in [6.07, 6.45) is 2.63. The van der Waals surface area contributed by atoms with Gasteiger partial charge in [-0.2, -0.15) is 0 Å². The van der Waals surface area contributed by atoms with Gasteiger partial charge in [0.1, 0.15) is 0 Å². The van der Waals surface area contributed by atoms with Crippen LogP contribution in [0.15, 0.2) is 0 Å². The van der Waals surface area contributed by atoms with Crippen LogP contribution in [0.2, 0.25) is 0 Å². The van der Waals surface area contributed by atoms with Crippen molar-refractivity contribution in [2.75, 3.05) is 5.33 Å². The number of halogens is 1. The molecule has 0 aromatic carbocycles. The van der Waals surface area contributed by atoms with Gasteiger partial charge in [-0.3, -0.25) is 4.79 Å². The van der Waals surface area contributed by atoms with Crippen molar-refractivity contribution in [1.82, 2.24) is 5.32 Å². The fourth-order valence-corrected chi connectivity index (χ4v) is 1.93. The summed E-state index contributed by atoms with van der Waals surface area (Å²) in [5.41, 5.74) is 0.203. The van der Waals surface area contributed by atoms with E-state index in [-0.39, 0.29) is 11.3 Å². The van der Waals surface area contributed by atoms with Crippen molar-refractivity contribution in [3.05, 3.63) is 0 Å². The SMILES string of the molecule is CCC(CCBr)NC(=O)CC(C)C(C)(C)C. The van der Waals surface area contributed by atoms with Crippen LogP contribution < -0.4 is 5.32 Å². The lowest BCUT2D eigenvalue weighted by Gasteiger charge is -2.27. The Morgan fingerprint density at radius 1 is 1.38 bits per heavy atom. The monoisotopic (exact) mass is 291 g/mol. The Morgan fingerprint density at radius 3 is 2.31 bits per heavy atom. The Balaban J connectivity index is 4.07. The van der Waals surface area contributed by atoms with E-state index in [1.165, 1.54) is 0 Å². The molecule has 0 aliphatic rings. The number of hydrogen-bond acceptors (Lipinski definition) is 1. The second-order valence-corrected chi connectivity index (χ2v) is 6.41. The molecule has 0 spiro atoms. The maximum atomic E-state index is 11.8. The van der Waals surface area contributed by atoms with Crippen LogP contribution in [0, 0.1) is 11.3 Å². The minimum atomic E-state index is 0.190. The van der Waals surface area contributed by atoms with E-state index >= 15 is 0 Å². The van der Waals surface area contributed by atoms with E-state index in [2.05, 4.69) is 55.9 Å². The number of rotatable bonds is 6. The minimum Gasteiger partial charge on any atom is -0.353 e. The summed E-state index contributed by atoms with van der Waals surface area (Å²) in [5.74, 6) is 0.601. The first-order valence-corrected chi connectivity index (χ1v) is 7.28. The summed E-state index contributed by atoms with van der Waals surface area (Å²) < 4.78 is 0. The summed E-state index contributed by atoms with van der Waals surface area (Å²) in [6, 6.07) is 0.319. The quantitative estimate of drug-likeness (QED) is 0.742. The van der Waals surface area contributed by atoms with Gasteiger partial charge in [-0.15, -0.1) is 0 Å². The molecule has 3 heteroatoms. The van der Waals surface area contributed by atoms with Crippen LogP contribution >= 0.6 is 15.9 Å². The van der Waals surface area contributed by atoms with Crippen molar-refractivity contribution in [2.45, 2.75) is 59.9 Å². The second kappa shape index (κ2) is 7.31. The van der Waals surface area contributed by atoms with E-state index < -0.39 is 0 Å². The lowest BCUT2D eigenvalue weighted by molar-refractivity contribution is -0.123.